The third-order valence-corrected chi connectivity index (χ3v) is 4.17. The normalized spacial score (nSPS) is 11.4. The molecule has 1 heterocycles. The molecular weight excluding hydrogens is 320 g/mol. The van der Waals surface area contributed by atoms with Crippen molar-refractivity contribution in [2.45, 2.75) is 19.1 Å². The Morgan fingerprint density at radius 3 is 2.57 bits per heavy atom. The van der Waals surface area contributed by atoms with Crippen molar-refractivity contribution in [2.75, 3.05) is 4.72 Å². The number of nitrogens with zero attached hydrogens (tertiary/aromatic N) is 1. The van der Waals surface area contributed by atoms with Gasteiger partial charge in [0.2, 0.25) is 5.76 Å². The minimum Gasteiger partial charge on any atom is -0.475 e. The summed E-state index contributed by atoms with van der Waals surface area (Å²) in [4.78, 5) is 14.4. The molecule has 112 valence electrons. The molecule has 0 saturated heterocycles. The van der Waals surface area contributed by atoms with E-state index in [0.717, 1.165) is 5.56 Å². The lowest BCUT2D eigenvalue weighted by Crippen LogP contribution is -2.13. The van der Waals surface area contributed by atoms with E-state index in [9.17, 15) is 13.2 Å². The van der Waals surface area contributed by atoms with Gasteiger partial charge >= 0.3 is 21.2 Å². The lowest BCUT2D eigenvalue weighted by atomic mass is 10.2. The summed E-state index contributed by atoms with van der Waals surface area (Å²) in [6.07, 6.45) is 0. The van der Waals surface area contributed by atoms with Gasteiger partial charge < -0.3 is 9.52 Å². The number of carbonyl (C=O) groups is 1. The van der Waals surface area contributed by atoms with Gasteiger partial charge in [0.1, 0.15) is 0 Å². The lowest BCUT2D eigenvalue weighted by Gasteiger charge is -2.06. The molecule has 9 heteroatoms. The van der Waals surface area contributed by atoms with Gasteiger partial charge in [-0.3, -0.25) is 4.72 Å². The number of carboxylic acid groups (broad SMARTS) is 1. The number of aromatic nitrogens is 1. The predicted molar refractivity (Wildman–Crippen MR) is 75.2 cm³/mol. The smallest absolute Gasteiger partial charge is 0.373 e. The van der Waals surface area contributed by atoms with Crippen molar-refractivity contribution in [3.05, 3.63) is 40.2 Å². The number of nitrogens with one attached hydrogen (secondary N) is 1. The Morgan fingerprint density at radius 1 is 1.38 bits per heavy atom. The number of hydrogen-bond acceptors (Lipinski definition) is 5. The fourth-order valence-electron chi connectivity index (χ4n) is 1.54. The Bertz CT molecular complexity index is 813. The summed E-state index contributed by atoms with van der Waals surface area (Å²) in [7, 11) is -4.13. The van der Waals surface area contributed by atoms with E-state index in [4.69, 9.17) is 21.1 Å². The Kier molecular flexibility index (Phi) is 3.93. The van der Waals surface area contributed by atoms with Crippen molar-refractivity contribution >= 4 is 33.3 Å². The Hall–Kier alpha value is -2.06. The summed E-state index contributed by atoms with van der Waals surface area (Å²) in [5.74, 6) is -1.91. The predicted octanol–water partition coefficient (Wildman–Crippen LogP) is 2.44. The molecule has 0 unspecified atom stereocenters. The van der Waals surface area contributed by atoms with Gasteiger partial charge in [0, 0.05) is 5.02 Å². The number of aromatic carboxylic acids is 1. The molecule has 0 aliphatic heterocycles. The highest BCUT2D eigenvalue weighted by atomic mass is 35.5. The molecule has 0 spiro atoms. The van der Waals surface area contributed by atoms with Crippen LogP contribution < -0.4 is 4.72 Å². The van der Waals surface area contributed by atoms with E-state index in [1.165, 1.54) is 19.1 Å². The minimum atomic E-state index is -4.13. The number of halogens is 1. The van der Waals surface area contributed by atoms with Crippen LogP contribution in [0.1, 0.15) is 21.8 Å². The van der Waals surface area contributed by atoms with E-state index >= 15 is 0 Å². The molecule has 7 nitrogen and oxygen atoms in total. The number of carboxylic acids is 1. The van der Waals surface area contributed by atoms with Crippen LogP contribution in [-0.4, -0.2) is 24.5 Å². The number of sulfonamides is 1. The van der Waals surface area contributed by atoms with Crippen molar-refractivity contribution in [2.24, 2.45) is 0 Å². The minimum absolute atomic E-state index is 0.0233. The third-order valence-electron chi connectivity index (χ3n) is 2.63. The molecule has 1 aromatic carbocycles. The first-order chi connectivity index (χ1) is 9.70. The summed E-state index contributed by atoms with van der Waals surface area (Å²) in [6.45, 7) is 3.12. The highest BCUT2D eigenvalue weighted by molar-refractivity contribution is 7.92. The number of benzene rings is 1. The molecule has 0 aliphatic rings. The molecule has 2 rings (SSSR count). The average molecular weight is 331 g/mol. The quantitative estimate of drug-likeness (QED) is 0.891. The topological polar surface area (TPSA) is 110 Å². The van der Waals surface area contributed by atoms with E-state index in [2.05, 4.69) is 9.71 Å². The highest BCUT2D eigenvalue weighted by Gasteiger charge is 2.26. The van der Waals surface area contributed by atoms with Crippen molar-refractivity contribution in [3.63, 3.8) is 0 Å². The van der Waals surface area contributed by atoms with Gasteiger partial charge in [-0.2, -0.15) is 8.42 Å². The van der Waals surface area contributed by atoms with Crippen molar-refractivity contribution in [3.8, 4) is 0 Å². The zero-order valence-corrected chi connectivity index (χ0v) is 12.6. The molecule has 21 heavy (non-hydrogen) atoms. The molecule has 0 atom stereocenters. The molecule has 0 radical (unpaired) electrons. The van der Waals surface area contributed by atoms with Crippen LogP contribution in [0, 0.1) is 13.8 Å². The third kappa shape index (κ3) is 3.17. The summed E-state index contributed by atoms with van der Waals surface area (Å²) in [5.41, 5.74) is 0.989. The van der Waals surface area contributed by atoms with Crippen LogP contribution >= 0.6 is 11.6 Å². The molecule has 2 aromatic rings. The molecule has 2 N–H and O–H groups in total. The van der Waals surface area contributed by atoms with Gasteiger partial charge in [0.25, 0.3) is 0 Å². The number of rotatable bonds is 4. The standard InChI is InChI=1S/C12H11ClN2O5S/c1-6-3-4-8(5-9(6)13)15-21(18,19)12-14-7(2)10(20-12)11(16)17/h3-5,15H,1-2H3,(H,16,17). The Morgan fingerprint density at radius 2 is 2.05 bits per heavy atom. The first-order valence-electron chi connectivity index (χ1n) is 5.70. The van der Waals surface area contributed by atoms with E-state index in [0.29, 0.717) is 5.02 Å². The van der Waals surface area contributed by atoms with Gasteiger partial charge in [-0.25, -0.2) is 9.78 Å². The molecule has 1 aromatic heterocycles. The Labute approximate surface area is 125 Å². The van der Waals surface area contributed by atoms with Crippen LogP contribution in [0.15, 0.2) is 27.8 Å². The number of oxazole rings is 1. The number of aryl methyl sites for hydroxylation is 2. The fourth-order valence-corrected chi connectivity index (χ4v) is 2.70. The van der Waals surface area contributed by atoms with Crippen molar-refractivity contribution in [1.82, 2.24) is 4.98 Å². The first-order valence-corrected chi connectivity index (χ1v) is 7.56. The summed E-state index contributed by atoms with van der Waals surface area (Å²) in [5, 5.41) is 8.51. The Balaban J connectivity index is 2.36. The summed E-state index contributed by atoms with van der Waals surface area (Å²) >= 11 is 5.91. The second kappa shape index (κ2) is 5.38. The largest absolute Gasteiger partial charge is 0.475 e. The van der Waals surface area contributed by atoms with Crippen molar-refractivity contribution in [1.29, 1.82) is 0 Å². The summed E-state index contributed by atoms with van der Waals surface area (Å²) < 4.78 is 31.2. The van der Waals surface area contributed by atoms with Gasteiger partial charge in [0.05, 0.1) is 11.4 Å². The average Bonchev–Trinajstić information content (AvgIpc) is 2.77. The molecule has 0 amide bonds. The number of anilines is 1. The maximum Gasteiger partial charge on any atom is 0.373 e. The van der Waals surface area contributed by atoms with Crippen LogP contribution in [-0.2, 0) is 10.0 Å². The second-order valence-electron chi connectivity index (χ2n) is 4.27. The maximum atomic E-state index is 12.1. The molecular formula is C12H11ClN2O5S. The van der Waals surface area contributed by atoms with Crippen LogP contribution in [0.5, 0.6) is 0 Å². The van der Waals surface area contributed by atoms with E-state index in [1.54, 1.807) is 13.0 Å². The van der Waals surface area contributed by atoms with Crippen LogP contribution in [0.2, 0.25) is 5.02 Å². The van der Waals surface area contributed by atoms with Crippen LogP contribution in [0.25, 0.3) is 0 Å². The fraction of sp³-hybridized carbons (Fsp3) is 0.167. The maximum absolute atomic E-state index is 12.1. The summed E-state index contributed by atoms with van der Waals surface area (Å²) in [6, 6.07) is 4.60. The monoisotopic (exact) mass is 330 g/mol. The van der Waals surface area contributed by atoms with Gasteiger partial charge in [-0.15, -0.1) is 0 Å². The van der Waals surface area contributed by atoms with Crippen LogP contribution in [0.3, 0.4) is 0 Å². The second-order valence-corrected chi connectivity index (χ2v) is 6.24. The molecule has 0 bridgehead atoms. The van der Waals surface area contributed by atoms with Crippen LogP contribution in [0.4, 0.5) is 5.69 Å². The highest BCUT2D eigenvalue weighted by Crippen LogP contribution is 2.23. The first kappa shape index (κ1) is 15.3. The van der Waals surface area contributed by atoms with Gasteiger partial charge in [-0.05, 0) is 31.5 Å². The SMILES string of the molecule is Cc1ccc(NS(=O)(=O)c2nc(C)c(C(=O)O)o2)cc1Cl. The lowest BCUT2D eigenvalue weighted by molar-refractivity contribution is 0.0655. The molecule has 0 saturated carbocycles. The van der Waals surface area contributed by atoms with Gasteiger partial charge in [0.15, 0.2) is 0 Å². The van der Waals surface area contributed by atoms with Gasteiger partial charge in [-0.1, -0.05) is 17.7 Å². The van der Waals surface area contributed by atoms with E-state index < -0.39 is 27.0 Å². The van der Waals surface area contributed by atoms with Crippen molar-refractivity contribution < 1.29 is 22.7 Å². The number of hydrogen-bond donors (Lipinski definition) is 2. The van der Waals surface area contributed by atoms with E-state index in [1.807, 2.05) is 0 Å². The zero-order valence-electron chi connectivity index (χ0n) is 11.0. The van der Waals surface area contributed by atoms with E-state index in [-0.39, 0.29) is 11.4 Å². The molecule has 0 aliphatic carbocycles. The zero-order chi connectivity index (χ0) is 15.8. The molecule has 0 fully saturated rings.